The Morgan fingerprint density at radius 3 is 3.00 bits per heavy atom. The molecule has 0 aromatic carbocycles. The molecule has 96 valence electrons. The Labute approximate surface area is 118 Å². The van der Waals surface area contributed by atoms with Gasteiger partial charge in [0.25, 0.3) is 0 Å². The second kappa shape index (κ2) is 5.11. The van der Waals surface area contributed by atoms with E-state index in [1.807, 2.05) is 41.1 Å². The number of pyridine rings is 2. The van der Waals surface area contributed by atoms with Crippen LogP contribution in [0, 0.1) is 0 Å². The summed E-state index contributed by atoms with van der Waals surface area (Å²) in [5.41, 5.74) is 2.48. The first-order valence-electron chi connectivity index (χ1n) is 5.93. The zero-order valence-electron chi connectivity index (χ0n) is 10.1. The minimum Gasteiger partial charge on any atom is -0.386 e. The first-order chi connectivity index (χ1) is 9.22. The zero-order chi connectivity index (χ0) is 13.2. The van der Waals surface area contributed by atoms with Gasteiger partial charge in [0.2, 0.25) is 0 Å². The highest BCUT2D eigenvalue weighted by atomic mass is 79.9. The maximum atomic E-state index is 10.2. The summed E-state index contributed by atoms with van der Waals surface area (Å²) in [4.78, 5) is 8.50. The standard InChI is InChI=1S/C14H12BrN3O/c15-11-5-10(7-16-8-11)6-13(19)12-9-18-4-2-1-3-14(18)17-12/h1-5,7-9,13,19H,6H2. The van der Waals surface area contributed by atoms with Crippen LogP contribution >= 0.6 is 15.9 Å². The average Bonchev–Trinajstić information content (AvgIpc) is 2.82. The third kappa shape index (κ3) is 2.67. The molecular formula is C14H12BrN3O. The van der Waals surface area contributed by atoms with Crippen LogP contribution in [0.3, 0.4) is 0 Å². The minimum absolute atomic E-state index is 0.496. The van der Waals surface area contributed by atoms with Gasteiger partial charge in [0.05, 0.1) is 5.69 Å². The van der Waals surface area contributed by atoms with E-state index >= 15 is 0 Å². The Morgan fingerprint density at radius 2 is 2.21 bits per heavy atom. The molecule has 1 atom stereocenters. The third-order valence-corrected chi connectivity index (χ3v) is 3.35. The van der Waals surface area contributed by atoms with Crippen LogP contribution in [-0.2, 0) is 6.42 Å². The molecule has 0 fully saturated rings. The van der Waals surface area contributed by atoms with Crippen LogP contribution in [0.15, 0.2) is 53.5 Å². The van der Waals surface area contributed by atoms with Crippen LogP contribution < -0.4 is 0 Å². The number of nitrogens with zero attached hydrogens (tertiary/aromatic N) is 3. The van der Waals surface area contributed by atoms with Gasteiger partial charge in [-0.1, -0.05) is 6.07 Å². The number of aliphatic hydroxyl groups excluding tert-OH is 1. The Hall–Kier alpha value is -1.72. The molecule has 0 spiro atoms. The highest BCUT2D eigenvalue weighted by Crippen LogP contribution is 2.19. The van der Waals surface area contributed by atoms with Gasteiger partial charge in [0.1, 0.15) is 11.8 Å². The molecular weight excluding hydrogens is 306 g/mol. The van der Waals surface area contributed by atoms with E-state index in [0.717, 1.165) is 15.7 Å². The SMILES string of the molecule is OC(Cc1cncc(Br)c1)c1cn2ccccc2n1. The molecule has 0 saturated heterocycles. The molecule has 19 heavy (non-hydrogen) atoms. The van der Waals surface area contributed by atoms with E-state index < -0.39 is 6.10 Å². The Morgan fingerprint density at radius 1 is 1.32 bits per heavy atom. The van der Waals surface area contributed by atoms with E-state index in [-0.39, 0.29) is 0 Å². The van der Waals surface area contributed by atoms with Gasteiger partial charge < -0.3 is 9.51 Å². The monoisotopic (exact) mass is 317 g/mol. The quantitative estimate of drug-likeness (QED) is 0.808. The zero-order valence-corrected chi connectivity index (χ0v) is 11.7. The summed E-state index contributed by atoms with van der Waals surface area (Å²) in [5, 5.41) is 10.2. The summed E-state index contributed by atoms with van der Waals surface area (Å²) >= 11 is 3.37. The predicted octanol–water partition coefficient (Wildman–Crippen LogP) is 2.77. The van der Waals surface area contributed by atoms with E-state index in [2.05, 4.69) is 25.9 Å². The largest absolute Gasteiger partial charge is 0.386 e. The maximum Gasteiger partial charge on any atom is 0.137 e. The second-order valence-electron chi connectivity index (χ2n) is 4.36. The molecule has 1 N–H and O–H groups in total. The van der Waals surface area contributed by atoms with Crippen molar-refractivity contribution in [3.63, 3.8) is 0 Å². The van der Waals surface area contributed by atoms with Gasteiger partial charge in [-0.15, -0.1) is 0 Å². The smallest absolute Gasteiger partial charge is 0.137 e. The molecule has 0 radical (unpaired) electrons. The molecule has 3 heterocycles. The van der Waals surface area contributed by atoms with Crippen molar-refractivity contribution < 1.29 is 5.11 Å². The van der Waals surface area contributed by atoms with Crippen molar-refractivity contribution in [2.45, 2.75) is 12.5 Å². The van der Waals surface area contributed by atoms with Crippen LogP contribution in [0.5, 0.6) is 0 Å². The van der Waals surface area contributed by atoms with Crippen molar-refractivity contribution in [2.24, 2.45) is 0 Å². The lowest BCUT2D eigenvalue weighted by Crippen LogP contribution is -2.02. The first-order valence-corrected chi connectivity index (χ1v) is 6.73. The highest BCUT2D eigenvalue weighted by Gasteiger charge is 2.13. The van der Waals surface area contributed by atoms with Gasteiger partial charge >= 0.3 is 0 Å². The Bertz CT molecular complexity index is 677. The molecule has 4 nitrogen and oxygen atoms in total. The number of hydrogen-bond donors (Lipinski definition) is 1. The van der Waals surface area contributed by atoms with Gasteiger partial charge in [0.15, 0.2) is 0 Å². The van der Waals surface area contributed by atoms with E-state index in [1.54, 1.807) is 12.4 Å². The molecule has 0 saturated carbocycles. The number of rotatable bonds is 3. The van der Waals surface area contributed by atoms with E-state index in [4.69, 9.17) is 0 Å². The summed E-state index contributed by atoms with van der Waals surface area (Å²) in [5.74, 6) is 0. The van der Waals surface area contributed by atoms with Crippen molar-refractivity contribution in [3.05, 3.63) is 64.8 Å². The fourth-order valence-corrected chi connectivity index (χ4v) is 2.42. The highest BCUT2D eigenvalue weighted by molar-refractivity contribution is 9.10. The Balaban J connectivity index is 1.85. The van der Waals surface area contributed by atoms with Crippen LogP contribution in [0.1, 0.15) is 17.4 Å². The number of fused-ring (bicyclic) bond motifs is 1. The van der Waals surface area contributed by atoms with Crippen molar-refractivity contribution in [3.8, 4) is 0 Å². The molecule has 0 bridgehead atoms. The number of aromatic nitrogens is 3. The molecule has 0 aliphatic heterocycles. The number of hydrogen-bond acceptors (Lipinski definition) is 3. The molecule has 0 aliphatic rings. The van der Waals surface area contributed by atoms with Gasteiger partial charge in [-0.05, 0) is 39.7 Å². The summed E-state index contributed by atoms with van der Waals surface area (Å²) in [6.07, 6.45) is 7.11. The summed E-state index contributed by atoms with van der Waals surface area (Å²) in [6.45, 7) is 0. The second-order valence-corrected chi connectivity index (χ2v) is 5.28. The molecule has 0 aliphatic carbocycles. The van der Waals surface area contributed by atoms with Gasteiger partial charge in [-0.2, -0.15) is 0 Å². The van der Waals surface area contributed by atoms with Crippen molar-refractivity contribution in [1.82, 2.24) is 14.4 Å². The number of imidazole rings is 1. The van der Waals surface area contributed by atoms with E-state index in [1.165, 1.54) is 0 Å². The van der Waals surface area contributed by atoms with Crippen molar-refractivity contribution in [1.29, 1.82) is 0 Å². The Kier molecular flexibility index (Phi) is 3.31. The van der Waals surface area contributed by atoms with Crippen LogP contribution in [0.2, 0.25) is 0 Å². The van der Waals surface area contributed by atoms with Crippen molar-refractivity contribution in [2.75, 3.05) is 0 Å². The maximum absolute atomic E-state index is 10.2. The summed E-state index contributed by atoms with van der Waals surface area (Å²) in [6, 6.07) is 7.72. The first kappa shape index (κ1) is 12.3. The van der Waals surface area contributed by atoms with Crippen LogP contribution in [0.4, 0.5) is 0 Å². The summed E-state index contributed by atoms with van der Waals surface area (Å²) < 4.78 is 2.81. The third-order valence-electron chi connectivity index (χ3n) is 2.91. The lowest BCUT2D eigenvalue weighted by molar-refractivity contribution is 0.174. The number of aliphatic hydroxyl groups is 1. The molecule has 3 aromatic heterocycles. The molecule has 1 unspecified atom stereocenters. The van der Waals surface area contributed by atoms with Gasteiger partial charge in [-0.25, -0.2) is 4.98 Å². The number of halogens is 1. The average molecular weight is 318 g/mol. The van der Waals surface area contributed by atoms with Gasteiger partial charge in [0, 0.05) is 35.7 Å². The van der Waals surface area contributed by atoms with Gasteiger partial charge in [-0.3, -0.25) is 4.98 Å². The van der Waals surface area contributed by atoms with Crippen molar-refractivity contribution >= 4 is 21.6 Å². The molecule has 0 amide bonds. The van der Waals surface area contributed by atoms with E-state index in [0.29, 0.717) is 12.1 Å². The minimum atomic E-state index is -0.629. The molecule has 3 aromatic rings. The lowest BCUT2D eigenvalue weighted by atomic mass is 10.1. The van der Waals surface area contributed by atoms with Crippen LogP contribution in [0.25, 0.3) is 5.65 Å². The predicted molar refractivity (Wildman–Crippen MR) is 75.8 cm³/mol. The van der Waals surface area contributed by atoms with Crippen LogP contribution in [-0.4, -0.2) is 19.5 Å². The molecule has 5 heteroatoms. The molecule has 3 rings (SSSR count). The lowest BCUT2D eigenvalue weighted by Gasteiger charge is -2.07. The normalized spacial score (nSPS) is 12.7. The fourth-order valence-electron chi connectivity index (χ4n) is 2.01. The fraction of sp³-hybridized carbons (Fsp3) is 0.143. The van der Waals surface area contributed by atoms with E-state index in [9.17, 15) is 5.11 Å². The summed E-state index contributed by atoms with van der Waals surface area (Å²) in [7, 11) is 0. The topological polar surface area (TPSA) is 50.4 Å².